The third-order valence-corrected chi connectivity index (χ3v) is 12.2. The molecule has 3 N–H and O–H groups in total. The molecule has 0 aliphatic heterocycles. The minimum atomic E-state index is -4.40. The van der Waals surface area contributed by atoms with Gasteiger partial charge in [0.25, 0.3) is 0 Å². The van der Waals surface area contributed by atoms with Crippen molar-refractivity contribution >= 4 is 19.8 Å². The molecule has 2 unspecified atom stereocenters. The van der Waals surface area contributed by atoms with Gasteiger partial charge in [0.2, 0.25) is 0 Å². The van der Waals surface area contributed by atoms with Crippen molar-refractivity contribution in [2.75, 3.05) is 26.4 Å². The van der Waals surface area contributed by atoms with Gasteiger partial charge in [-0.25, -0.2) is 4.57 Å². The number of carbonyl (C=O) groups excluding carboxylic acids is 2. The van der Waals surface area contributed by atoms with E-state index in [0.29, 0.717) is 12.8 Å². The molecule has 0 aromatic carbocycles. The lowest BCUT2D eigenvalue weighted by atomic mass is 10.0. The maximum atomic E-state index is 12.6. The lowest BCUT2D eigenvalue weighted by Gasteiger charge is -2.19. The van der Waals surface area contributed by atoms with E-state index in [0.717, 1.165) is 51.4 Å². The SMILES string of the molecule is CC/C=C\C/C=C\C/C=C\C/C=C\C/C=C\CCCC(=O)OC(COC(=O)CCCCCCCCCCCCCCCCCCCCCCCCCCCC)COP(=O)(O)OCCN. The second-order valence-electron chi connectivity index (χ2n) is 17.4. The molecular weight excluding hydrogens is 822 g/mol. The van der Waals surface area contributed by atoms with E-state index in [-0.39, 0.29) is 32.6 Å². The number of phosphoric ester groups is 1. The number of rotatable bonds is 49. The van der Waals surface area contributed by atoms with Gasteiger partial charge in [0.05, 0.1) is 13.2 Å². The second-order valence-corrected chi connectivity index (χ2v) is 18.8. The Kier molecular flexibility index (Phi) is 48.3. The van der Waals surface area contributed by atoms with Crippen LogP contribution in [0.4, 0.5) is 0 Å². The maximum absolute atomic E-state index is 12.6. The first-order valence-corrected chi connectivity index (χ1v) is 27.8. The van der Waals surface area contributed by atoms with Crippen LogP contribution in [0.25, 0.3) is 0 Å². The zero-order valence-corrected chi connectivity index (χ0v) is 42.2. The summed E-state index contributed by atoms with van der Waals surface area (Å²) in [7, 11) is -4.40. The molecule has 372 valence electrons. The summed E-state index contributed by atoms with van der Waals surface area (Å²) in [4.78, 5) is 35.0. The number of carbonyl (C=O) groups is 2. The summed E-state index contributed by atoms with van der Waals surface area (Å²) >= 11 is 0. The molecule has 0 amide bonds. The molecule has 64 heavy (non-hydrogen) atoms. The van der Waals surface area contributed by atoms with Gasteiger partial charge in [-0.2, -0.15) is 0 Å². The molecule has 0 heterocycles. The largest absolute Gasteiger partial charge is 0.472 e. The number of ether oxygens (including phenoxy) is 2. The van der Waals surface area contributed by atoms with E-state index in [4.69, 9.17) is 24.3 Å². The van der Waals surface area contributed by atoms with Crippen LogP contribution in [0.3, 0.4) is 0 Å². The number of phosphoric acid groups is 1. The van der Waals surface area contributed by atoms with Gasteiger partial charge < -0.3 is 20.1 Å². The molecule has 0 rings (SSSR count). The zero-order chi connectivity index (χ0) is 46.7. The highest BCUT2D eigenvalue weighted by Crippen LogP contribution is 2.43. The molecular formula is C54H98NO8P. The first kappa shape index (κ1) is 61.7. The monoisotopic (exact) mass is 920 g/mol. The van der Waals surface area contributed by atoms with E-state index in [1.165, 1.54) is 148 Å². The molecule has 9 nitrogen and oxygen atoms in total. The van der Waals surface area contributed by atoms with Crippen molar-refractivity contribution in [2.45, 2.75) is 245 Å². The van der Waals surface area contributed by atoms with Crippen molar-refractivity contribution < 1.29 is 37.6 Å². The minimum Gasteiger partial charge on any atom is -0.462 e. The van der Waals surface area contributed by atoms with Crippen LogP contribution in [0.15, 0.2) is 60.8 Å². The first-order valence-electron chi connectivity index (χ1n) is 26.3. The third kappa shape index (κ3) is 49.2. The molecule has 0 aromatic rings. The van der Waals surface area contributed by atoms with Crippen LogP contribution in [0, 0.1) is 0 Å². The highest BCUT2D eigenvalue weighted by atomic mass is 31.2. The Morgan fingerprint density at radius 1 is 0.484 bits per heavy atom. The Balaban J connectivity index is 4.02. The molecule has 0 aromatic heterocycles. The van der Waals surface area contributed by atoms with E-state index in [1.807, 2.05) is 6.08 Å². The van der Waals surface area contributed by atoms with Gasteiger partial charge in [0.1, 0.15) is 6.61 Å². The average molecular weight is 920 g/mol. The molecule has 0 radical (unpaired) electrons. The molecule has 2 atom stereocenters. The predicted octanol–water partition coefficient (Wildman–Crippen LogP) is 16.0. The number of unbranched alkanes of at least 4 members (excludes halogenated alkanes) is 26. The van der Waals surface area contributed by atoms with E-state index in [9.17, 15) is 19.0 Å². The fourth-order valence-corrected chi connectivity index (χ4v) is 8.09. The zero-order valence-electron chi connectivity index (χ0n) is 41.3. The van der Waals surface area contributed by atoms with Crippen molar-refractivity contribution in [1.82, 2.24) is 0 Å². The van der Waals surface area contributed by atoms with Crippen LogP contribution in [0.1, 0.15) is 239 Å². The fourth-order valence-electron chi connectivity index (χ4n) is 7.32. The van der Waals surface area contributed by atoms with Crippen LogP contribution in [-0.4, -0.2) is 49.3 Å². The van der Waals surface area contributed by atoms with Gasteiger partial charge in [0, 0.05) is 19.4 Å². The molecule has 0 saturated heterocycles. The summed E-state index contributed by atoms with van der Waals surface area (Å²) in [6, 6.07) is 0. The molecule has 0 spiro atoms. The third-order valence-electron chi connectivity index (χ3n) is 11.2. The standard InChI is InChI=1S/C54H98NO8P/c1-3-5-7-9-11-13-15-17-19-21-22-23-24-25-26-27-28-29-31-32-34-36-38-40-42-44-46-53(56)60-50-52(51-62-64(58,59)61-49-48-55)63-54(57)47-45-43-41-39-37-35-33-30-20-18-16-14-12-10-8-6-4-2/h6,8,12,14,18,20,33,35,39,41,52H,3-5,7,9-11,13,15-17,19,21-32,34,36-38,40,42-51,55H2,1-2H3,(H,58,59)/b8-6-,14-12-,20-18-,35-33-,41-39-. The molecule has 10 heteroatoms. The Morgan fingerprint density at radius 3 is 1.27 bits per heavy atom. The fraction of sp³-hybridized carbons (Fsp3) is 0.778. The molecule has 0 fully saturated rings. The minimum absolute atomic E-state index is 0.0431. The van der Waals surface area contributed by atoms with Crippen LogP contribution in [0.5, 0.6) is 0 Å². The van der Waals surface area contributed by atoms with Gasteiger partial charge in [-0.05, 0) is 51.4 Å². The topological polar surface area (TPSA) is 134 Å². The Labute approximate surface area is 393 Å². The van der Waals surface area contributed by atoms with Crippen LogP contribution < -0.4 is 5.73 Å². The predicted molar refractivity (Wildman–Crippen MR) is 270 cm³/mol. The van der Waals surface area contributed by atoms with Crippen molar-refractivity contribution in [3.8, 4) is 0 Å². The van der Waals surface area contributed by atoms with Gasteiger partial charge in [-0.1, -0.05) is 235 Å². The second kappa shape index (κ2) is 50.1. The van der Waals surface area contributed by atoms with Crippen molar-refractivity contribution in [3.05, 3.63) is 60.8 Å². The van der Waals surface area contributed by atoms with Crippen LogP contribution in [-0.2, 0) is 32.7 Å². The van der Waals surface area contributed by atoms with Gasteiger partial charge in [-0.15, -0.1) is 0 Å². The van der Waals surface area contributed by atoms with Crippen molar-refractivity contribution in [1.29, 1.82) is 0 Å². The molecule has 0 aliphatic rings. The average Bonchev–Trinajstić information content (AvgIpc) is 3.28. The van der Waals surface area contributed by atoms with E-state index < -0.39 is 32.5 Å². The highest BCUT2D eigenvalue weighted by Gasteiger charge is 2.26. The maximum Gasteiger partial charge on any atom is 0.472 e. The summed E-state index contributed by atoms with van der Waals surface area (Å²) < 4.78 is 32.9. The van der Waals surface area contributed by atoms with Gasteiger partial charge >= 0.3 is 19.8 Å². The van der Waals surface area contributed by atoms with E-state index in [2.05, 4.69) is 68.5 Å². The number of esters is 2. The van der Waals surface area contributed by atoms with Crippen LogP contribution in [0.2, 0.25) is 0 Å². The number of hydrogen-bond acceptors (Lipinski definition) is 8. The smallest absolute Gasteiger partial charge is 0.462 e. The number of hydrogen-bond donors (Lipinski definition) is 2. The number of allylic oxidation sites excluding steroid dienone is 10. The van der Waals surface area contributed by atoms with Crippen molar-refractivity contribution in [2.24, 2.45) is 5.73 Å². The number of nitrogens with two attached hydrogens (primary N) is 1. The summed E-state index contributed by atoms with van der Waals surface area (Å²) in [5.74, 6) is -0.890. The van der Waals surface area contributed by atoms with Gasteiger partial charge in [0.15, 0.2) is 6.10 Å². The summed E-state index contributed by atoms with van der Waals surface area (Å²) in [6.07, 6.45) is 61.5. The summed E-state index contributed by atoms with van der Waals surface area (Å²) in [6.45, 7) is 3.58. The summed E-state index contributed by atoms with van der Waals surface area (Å²) in [5.41, 5.74) is 5.36. The van der Waals surface area contributed by atoms with Gasteiger partial charge in [-0.3, -0.25) is 18.6 Å². The van der Waals surface area contributed by atoms with E-state index in [1.54, 1.807) is 0 Å². The summed E-state index contributed by atoms with van der Waals surface area (Å²) in [5, 5.41) is 0. The highest BCUT2D eigenvalue weighted by molar-refractivity contribution is 7.47. The molecule has 0 aliphatic carbocycles. The lowest BCUT2D eigenvalue weighted by Crippen LogP contribution is -2.29. The lowest BCUT2D eigenvalue weighted by molar-refractivity contribution is -0.161. The molecule has 0 bridgehead atoms. The normalized spacial score (nSPS) is 13.6. The van der Waals surface area contributed by atoms with Crippen molar-refractivity contribution in [3.63, 3.8) is 0 Å². The molecule has 0 saturated carbocycles. The Hall–Kier alpha value is -2.29. The Morgan fingerprint density at radius 2 is 0.859 bits per heavy atom. The Bertz CT molecular complexity index is 1230. The van der Waals surface area contributed by atoms with Crippen LogP contribution >= 0.6 is 7.82 Å². The van der Waals surface area contributed by atoms with E-state index >= 15 is 0 Å². The quantitative estimate of drug-likeness (QED) is 0.0265. The first-order chi connectivity index (χ1) is 31.3.